The van der Waals surface area contributed by atoms with E-state index in [0.29, 0.717) is 6.54 Å². The molecule has 0 radical (unpaired) electrons. The fraction of sp³-hybridized carbons (Fsp3) is 0.259. The van der Waals surface area contributed by atoms with Crippen molar-refractivity contribution in [1.82, 2.24) is 9.97 Å². The predicted molar refractivity (Wildman–Crippen MR) is 130 cm³/mol. The summed E-state index contributed by atoms with van der Waals surface area (Å²) in [6.45, 7) is 4.60. The molecule has 1 amide bonds. The van der Waals surface area contributed by atoms with Gasteiger partial charge in [-0.15, -0.1) is 0 Å². The number of anilines is 1. The van der Waals surface area contributed by atoms with Crippen molar-refractivity contribution in [3.63, 3.8) is 0 Å². The Morgan fingerprint density at radius 1 is 0.939 bits per heavy atom. The highest BCUT2D eigenvalue weighted by molar-refractivity contribution is 6.09. The van der Waals surface area contributed by atoms with Crippen LogP contribution in [0, 0.1) is 0 Å². The largest absolute Gasteiger partial charge is 0.497 e. The summed E-state index contributed by atoms with van der Waals surface area (Å²) in [5, 5.41) is 0. The molecule has 1 N–H and O–H groups in total. The third-order valence-electron chi connectivity index (χ3n) is 6.49. The van der Waals surface area contributed by atoms with Gasteiger partial charge in [-0.25, -0.2) is 4.98 Å². The van der Waals surface area contributed by atoms with Crippen LogP contribution in [0.25, 0.3) is 22.4 Å². The van der Waals surface area contributed by atoms with Gasteiger partial charge in [0, 0.05) is 12.1 Å². The summed E-state index contributed by atoms with van der Waals surface area (Å²) in [4.78, 5) is 23.5. The Morgan fingerprint density at radius 2 is 1.58 bits per heavy atom. The molecule has 33 heavy (non-hydrogen) atoms. The first-order valence-electron chi connectivity index (χ1n) is 11.0. The number of rotatable bonds is 6. The molecule has 1 aliphatic rings. The lowest BCUT2D eigenvalue weighted by Crippen LogP contribution is -2.37. The standard InChI is InChI=1S/C27H27N3O3/c1-27(2)21-15-22-23(29-25(28-22)18-7-11-20(33-4)12-8-18)16-24(21)30(26(27)31)14-13-17-5-9-19(32-3)10-6-17/h5-12,15-16H,13-14H2,1-4H3,(H,28,29). The number of carbonyl (C=O) groups excluding carboxylic acids is 1. The van der Waals surface area contributed by atoms with Gasteiger partial charge >= 0.3 is 0 Å². The van der Waals surface area contributed by atoms with E-state index in [1.54, 1.807) is 14.2 Å². The Kier molecular flexibility index (Phi) is 5.08. The van der Waals surface area contributed by atoms with E-state index in [1.807, 2.05) is 73.3 Å². The van der Waals surface area contributed by atoms with E-state index in [1.165, 1.54) is 0 Å². The summed E-state index contributed by atoms with van der Waals surface area (Å²) >= 11 is 0. The Labute approximate surface area is 193 Å². The molecule has 4 aromatic rings. The maximum atomic E-state index is 13.3. The van der Waals surface area contributed by atoms with Crippen LogP contribution in [-0.2, 0) is 16.6 Å². The second kappa shape index (κ2) is 7.96. The lowest BCUT2D eigenvalue weighted by Gasteiger charge is -2.20. The summed E-state index contributed by atoms with van der Waals surface area (Å²) < 4.78 is 10.5. The Hall–Kier alpha value is -3.80. The monoisotopic (exact) mass is 441 g/mol. The second-order valence-corrected chi connectivity index (χ2v) is 8.88. The van der Waals surface area contributed by atoms with Gasteiger partial charge in [-0.05, 0) is 79.9 Å². The van der Waals surface area contributed by atoms with Crippen LogP contribution >= 0.6 is 0 Å². The summed E-state index contributed by atoms with van der Waals surface area (Å²) in [5.74, 6) is 2.55. The molecule has 1 aliphatic heterocycles. The number of fused-ring (bicyclic) bond motifs is 2. The first-order chi connectivity index (χ1) is 15.9. The van der Waals surface area contributed by atoms with Crippen molar-refractivity contribution in [1.29, 1.82) is 0 Å². The molecule has 0 aliphatic carbocycles. The van der Waals surface area contributed by atoms with Crippen LogP contribution in [0.1, 0.15) is 25.0 Å². The minimum Gasteiger partial charge on any atom is -0.497 e. The minimum absolute atomic E-state index is 0.119. The van der Waals surface area contributed by atoms with Crippen LogP contribution in [0.4, 0.5) is 5.69 Å². The molecule has 1 aromatic heterocycles. The number of aromatic nitrogens is 2. The maximum absolute atomic E-state index is 13.3. The zero-order valence-electron chi connectivity index (χ0n) is 19.3. The molecule has 0 saturated carbocycles. The SMILES string of the molecule is COc1ccc(CCN2C(=O)C(C)(C)c3cc4[nH]c(-c5ccc(OC)cc5)nc4cc32)cc1. The highest BCUT2D eigenvalue weighted by atomic mass is 16.5. The lowest BCUT2D eigenvalue weighted by molar-refractivity contribution is -0.122. The third kappa shape index (κ3) is 3.61. The molecule has 168 valence electrons. The highest BCUT2D eigenvalue weighted by Crippen LogP contribution is 2.43. The van der Waals surface area contributed by atoms with Crippen LogP contribution in [-0.4, -0.2) is 36.6 Å². The lowest BCUT2D eigenvalue weighted by atomic mass is 9.86. The number of ether oxygens (including phenoxy) is 2. The number of aromatic amines is 1. The number of H-pyrrole nitrogens is 1. The average Bonchev–Trinajstić information content (AvgIpc) is 3.34. The predicted octanol–water partition coefficient (Wildman–Crippen LogP) is 5.11. The van der Waals surface area contributed by atoms with Crippen molar-refractivity contribution in [2.75, 3.05) is 25.7 Å². The van der Waals surface area contributed by atoms with Crippen molar-refractivity contribution < 1.29 is 14.3 Å². The van der Waals surface area contributed by atoms with Crippen molar-refractivity contribution in [3.05, 3.63) is 71.8 Å². The topological polar surface area (TPSA) is 67.5 Å². The van der Waals surface area contributed by atoms with E-state index in [9.17, 15) is 4.79 Å². The minimum atomic E-state index is -0.588. The van der Waals surface area contributed by atoms with E-state index in [-0.39, 0.29) is 5.91 Å². The summed E-state index contributed by atoms with van der Waals surface area (Å²) in [6.07, 6.45) is 0.765. The number of hydrogen-bond acceptors (Lipinski definition) is 4. The molecule has 0 unspecified atom stereocenters. The maximum Gasteiger partial charge on any atom is 0.237 e. The fourth-order valence-corrected chi connectivity index (χ4v) is 4.47. The number of hydrogen-bond donors (Lipinski definition) is 1. The molecule has 0 spiro atoms. The first-order valence-corrected chi connectivity index (χ1v) is 11.0. The van der Waals surface area contributed by atoms with E-state index >= 15 is 0 Å². The Morgan fingerprint density at radius 3 is 2.21 bits per heavy atom. The van der Waals surface area contributed by atoms with Gasteiger partial charge in [-0.2, -0.15) is 0 Å². The van der Waals surface area contributed by atoms with Gasteiger partial charge in [0.1, 0.15) is 17.3 Å². The van der Waals surface area contributed by atoms with Crippen molar-refractivity contribution in [3.8, 4) is 22.9 Å². The summed E-state index contributed by atoms with van der Waals surface area (Å²) in [5.41, 5.74) is 5.31. The average molecular weight is 442 g/mol. The van der Waals surface area contributed by atoms with Crippen molar-refractivity contribution in [2.24, 2.45) is 0 Å². The van der Waals surface area contributed by atoms with Crippen LogP contribution < -0.4 is 14.4 Å². The zero-order chi connectivity index (χ0) is 23.2. The molecule has 5 rings (SSSR count). The highest BCUT2D eigenvalue weighted by Gasteiger charge is 2.44. The molecular weight excluding hydrogens is 414 g/mol. The molecule has 0 saturated heterocycles. The Bertz CT molecular complexity index is 1320. The molecule has 2 heterocycles. The van der Waals surface area contributed by atoms with Crippen LogP contribution in [0.3, 0.4) is 0 Å². The normalized spacial score (nSPS) is 14.5. The first kappa shape index (κ1) is 21.1. The molecule has 0 bridgehead atoms. The van der Waals surface area contributed by atoms with Gasteiger partial charge in [-0.1, -0.05) is 12.1 Å². The summed E-state index contributed by atoms with van der Waals surface area (Å²) in [6, 6.07) is 19.9. The zero-order valence-corrected chi connectivity index (χ0v) is 19.3. The molecule has 6 nitrogen and oxygen atoms in total. The van der Waals surface area contributed by atoms with E-state index in [4.69, 9.17) is 14.5 Å². The number of nitrogens with zero attached hydrogens (tertiary/aromatic N) is 2. The fourth-order valence-electron chi connectivity index (χ4n) is 4.47. The number of carbonyl (C=O) groups is 1. The summed E-state index contributed by atoms with van der Waals surface area (Å²) in [7, 11) is 3.31. The molecule has 6 heteroatoms. The van der Waals surface area contributed by atoms with Crippen LogP contribution in [0.2, 0.25) is 0 Å². The molecular formula is C27H27N3O3. The third-order valence-corrected chi connectivity index (χ3v) is 6.49. The second-order valence-electron chi connectivity index (χ2n) is 8.88. The molecule has 3 aromatic carbocycles. The van der Waals surface area contributed by atoms with E-state index < -0.39 is 5.41 Å². The van der Waals surface area contributed by atoms with Gasteiger partial charge in [-0.3, -0.25) is 4.79 Å². The van der Waals surface area contributed by atoms with Crippen LogP contribution in [0.15, 0.2) is 60.7 Å². The Balaban J connectivity index is 1.47. The number of methoxy groups -OCH3 is 2. The van der Waals surface area contributed by atoms with Crippen molar-refractivity contribution in [2.45, 2.75) is 25.7 Å². The quantitative estimate of drug-likeness (QED) is 0.451. The molecule has 0 fully saturated rings. The van der Waals surface area contributed by atoms with Gasteiger partial charge in [0.25, 0.3) is 0 Å². The van der Waals surface area contributed by atoms with E-state index in [0.717, 1.165) is 57.2 Å². The smallest absolute Gasteiger partial charge is 0.237 e. The number of imidazole rings is 1. The van der Waals surface area contributed by atoms with Gasteiger partial charge < -0.3 is 19.4 Å². The van der Waals surface area contributed by atoms with Crippen LogP contribution in [0.5, 0.6) is 11.5 Å². The number of nitrogens with one attached hydrogen (secondary N) is 1. The molecule has 0 atom stereocenters. The van der Waals surface area contributed by atoms with Gasteiger partial charge in [0.05, 0.1) is 36.4 Å². The van der Waals surface area contributed by atoms with Crippen molar-refractivity contribution >= 4 is 22.6 Å². The number of amides is 1. The number of benzene rings is 3. The van der Waals surface area contributed by atoms with Gasteiger partial charge in [0.15, 0.2) is 0 Å². The van der Waals surface area contributed by atoms with E-state index in [2.05, 4.69) is 11.1 Å². The van der Waals surface area contributed by atoms with Gasteiger partial charge in [0.2, 0.25) is 5.91 Å².